The van der Waals surface area contributed by atoms with Gasteiger partial charge in [-0.2, -0.15) is 0 Å². The summed E-state index contributed by atoms with van der Waals surface area (Å²) in [6, 6.07) is 9.77. The number of ketones is 1. The van der Waals surface area contributed by atoms with Gasteiger partial charge in [0, 0.05) is 6.42 Å². The highest BCUT2D eigenvalue weighted by Crippen LogP contribution is 2.18. The summed E-state index contributed by atoms with van der Waals surface area (Å²) < 4.78 is 26.3. The van der Waals surface area contributed by atoms with Crippen LogP contribution >= 0.6 is 11.6 Å². The molecule has 0 atom stereocenters. The number of halogens is 3. The predicted molar refractivity (Wildman–Crippen MR) is 65.8 cm³/mol. The zero-order chi connectivity index (χ0) is 13.1. The molecule has 0 radical (unpaired) electrons. The molecular weight excluding hydrogens is 258 g/mol. The quantitative estimate of drug-likeness (QED) is 0.766. The minimum absolute atomic E-state index is 0.0130. The molecule has 0 aliphatic carbocycles. The summed E-state index contributed by atoms with van der Waals surface area (Å²) in [5.41, 5.74) is 0.576. The van der Waals surface area contributed by atoms with Crippen LogP contribution in [0.4, 0.5) is 8.78 Å². The maximum absolute atomic E-state index is 13.4. The standard InChI is InChI=1S/C14H9ClF2O/c15-11-7-9(5-6-13(11)17)8-14(18)10-3-1-2-4-12(10)16/h1-7H,8H2. The number of carbonyl (C=O) groups excluding carboxylic acids is 1. The third-order valence-electron chi connectivity index (χ3n) is 2.52. The lowest BCUT2D eigenvalue weighted by Crippen LogP contribution is -2.06. The van der Waals surface area contributed by atoms with E-state index >= 15 is 0 Å². The molecule has 18 heavy (non-hydrogen) atoms. The van der Waals surface area contributed by atoms with Gasteiger partial charge in [0.05, 0.1) is 10.6 Å². The van der Waals surface area contributed by atoms with Crippen molar-refractivity contribution in [3.05, 3.63) is 70.2 Å². The first-order valence-electron chi connectivity index (χ1n) is 5.29. The molecule has 0 spiro atoms. The van der Waals surface area contributed by atoms with Gasteiger partial charge in [-0.15, -0.1) is 0 Å². The number of rotatable bonds is 3. The fourth-order valence-corrected chi connectivity index (χ4v) is 1.82. The molecule has 1 nitrogen and oxygen atoms in total. The molecule has 92 valence electrons. The summed E-state index contributed by atoms with van der Waals surface area (Å²) in [5, 5.41) is -0.0474. The summed E-state index contributed by atoms with van der Waals surface area (Å²) in [5.74, 6) is -1.47. The van der Waals surface area contributed by atoms with Crippen LogP contribution in [0.3, 0.4) is 0 Å². The molecule has 0 saturated carbocycles. The van der Waals surface area contributed by atoms with Crippen molar-refractivity contribution in [1.82, 2.24) is 0 Å². The van der Waals surface area contributed by atoms with Gasteiger partial charge in [0.1, 0.15) is 11.6 Å². The van der Waals surface area contributed by atoms with Crippen LogP contribution in [0, 0.1) is 11.6 Å². The lowest BCUT2D eigenvalue weighted by atomic mass is 10.0. The van der Waals surface area contributed by atoms with E-state index in [1.165, 1.54) is 36.4 Å². The van der Waals surface area contributed by atoms with E-state index in [9.17, 15) is 13.6 Å². The van der Waals surface area contributed by atoms with Crippen LogP contribution < -0.4 is 0 Å². The minimum atomic E-state index is -0.560. The van der Waals surface area contributed by atoms with Gasteiger partial charge in [0.25, 0.3) is 0 Å². The Labute approximate surface area is 108 Å². The van der Waals surface area contributed by atoms with Crippen LogP contribution in [-0.4, -0.2) is 5.78 Å². The van der Waals surface area contributed by atoms with E-state index in [1.54, 1.807) is 6.07 Å². The van der Waals surface area contributed by atoms with Gasteiger partial charge in [-0.25, -0.2) is 8.78 Å². The third-order valence-corrected chi connectivity index (χ3v) is 2.81. The Morgan fingerprint density at radius 3 is 2.44 bits per heavy atom. The van der Waals surface area contributed by atoms with Crippen molar-refractivity contribution in [1.29, 1.82) is 0 Å². The largest absolute Gasteiger partial charge is 0.294 e. The minimum Gasteiger partial charge on any atom is -0.294 e. The summed E-state index contributed by atoms with van der Waals surface area (Å²) >= 11 is 5.61. The maximum atomic E-state index is 13.4. The topological polar surface area (TPSA) is 17.1 Å². The van der Waals surface area contributed by atoms with Gasteiger partial charge in [0.2, 0.25) is 0 Å². The molecule has 0 aromatic heterocycles. The highest BCUT2D eigenvalue weighted by Gasteiger charge is 2.12. The molecular formula is C14H9ClF2O. The van der Waals surface area contributed by atoms with Gasteiger partial charge in [0.15, 0.2) is 5.78 Å². The Bertz CT molecular complexity index is 596. The molecule has 0 heterocycles. The molecule has 0 unspecified atom stereocenters. The number of hydrogen-bond acceptors (Lipinski definition) is 1. The Morgan fingerprint density at radius 2 is 1.78 bits per heavy atom. The smallest absolute Gasteiger partial charge is 0.170 e. The lowest BCUT2D eigenvalue weighted by Gasteiger charge is -2.03. The number of carbonyl (C=O) groups is 1. The fraction of sp³-hybridized carbons (Fsp3) is 0.0714. The summed E-state index contributed by atoms with van der Waals surface area (Å²) in [6.07, 6.45) is -0.0130. The number of Topliss-reactive ketones (excluding diaryl/α,β-unsaturated/α-hetero) is 1. The SMILES string of the molecule is O=C(Cc1ccc(F)c(Cl)c1)c1ccccc1F. The molecule has 0 aliphatic rings. The van der Waals surface area contributed by atoms with Crippen molar-refractivity contribution >= 4 is 17.4 Å². The maximum Gasteiger partial charge on any atom is 0.170 e. The van der Waals surface area contributed by atoms with E-state index in [2.05, 4.69) is 0 Å². The van der Waals surface area contributed by atoms with Crippen LogP contribution in [0.2, 0.25) is 5.02 Å². The lowest BCUT2D eigenvalue weighted by molar-refractivity contribution is 0.0989. The first kappa shape index (κ1) is 12.7. The molecule has 0 saturated heterocycles. The molecule has 2 aromatic carbocycles. The van der Waals surface area contributed by atoms with Crippen molar-refractivity contribution in [2.45, 2.75) is 6.42 Å². The van der Waals surface area contributed by atoms with Crippen molar-refractivity contribution in [3.63, 3.8) is 0 Å². The highest BCUT2D eigenvalue weighted by atomic mass is 35.5. The van der Waals surface area contributed by atoms with Gasteiger partial charge in [-0.05, 0) is 29.8 Å². The van der Waals surface area contributed by atoms with Gasteiger partial charge in [-0.3, -0.25) is 4.79 Å². The molecule has 2 rings (SSSR count). The van der Waals surface area contributed by atoms with Crippen molar-refractivity contribution in [2.75, 3.05) is 0 Å². The Hall–Kier alpha value is -1.74. The van der Waals surface area contributed by atoms with Gasteiger partial charge < -0.3 is 0 Å². The molecule has 0 amide bonds. The zero-order valence-electron chi connectivity index (χ0n) is 9.29. The molecule has 0 N–H and O–H groups in total. The number of hydrogen-bond donors (Lipinski definition) is 0. The van der Waals surface area contributed by atoms with E-state index in [0.717, 1.165) is 0 Å². The first-order valence-corrected chi connectivity index (χ1v) is 5.67. The second-order valence-corrected chi connectivity index (χ2v) is 4.24. The second kappa shape index (κ2) is 5.27. The molecule has 2 aromatic rings. The van der Waals surface area contributed by atoms with Crippen molar-refractivity contribution in [2.24, 2.45) is 0 Å². The average Bonchev–Trinajstić information content (AvgIpc) is 2.34. The van der Waals surface area contributed by atoms with Crippen LogP contribution in [0.15, 0.2) is 42.5 Å². The van der Waals surface area contributed by atoms with E-state index in [-0.39, 0.29) is 22.8 Å². The predicted octanol–water partition coefficient (Wildman–Crippen LogP) is 4.04. The van der Waals surface area contributed by atoms with Crippen LogP contribution in [0.5, 0.6) is 0 Å². The van der Waals surface area contributed by atoms with Crippen LogP contribution in [-0.2, 0) is 6.42 Å². The summed E-state index contributed by atoms with van der Waals surface area (Å²) in [4.78, 5) is 11.9. The molecule has 4 heteroatoms. The van der Waals surface area contributed by atoms with Crippen molar-refractivity contribution < 1.29 is 13.6 Å². The highest BCUT2D eigenvalue weighted by molar-refractivity contribution is 6.30. The van der Waals surface area contributed by atoms with E-state index < -0.39 is 11.6 Å². The fourth-order valence-electron chi connectivity index (χ4n) is 1.62. The Kier molecular flexibility index (Phi) is 3.72. The van der Waals surface area contributed by atoms with Crippen LogP contribution in [0.1, 0.15) is 15.9 Å². The van der Waals surface area contributed by atoms with Crippen LogP contribution in [0.25, 0.3) is 0 Å². The summed E-state index contributed by atoms with van der Waals surface area (Å²) in [6.45, 7) is 0. The normalized spacial score (nSPS) is 10.4. The first-order chi connectivity index (χ1) is 8.58. The Balaban J connectivity index is 2.22. The van der Waals surface area contributed by atoms with Gasteiger partial charge >= 0.3 is 0 Å². The average molecular weight is 267 g/mol. The molecule has 0 aliphatic heterocycles. The molecule has 0 bridgehead atoms. The zero-order valence-corrected chi connectivity index (χ0v) is 10.0. The molecule has 0 fully saturated rings. The third kappa shape index (κ3) is 2.74. The summed E-state index contributed by atoms with van der Waals surface area (Å²) in [7, 11) is 0. The van der Waals surface area contributed by atoms with Gasteiger partial charge in [-0.1, -0.05) is 29.8 Å². The van der Waals surface area contributed by atoms with Crippen molar-refractivity contribution in [3.8, 4) is 0 Å². The van der Waals surface area contributed by atoms with E-state index in [0.29, 0.717) is 5.56 Å². The van der Waals surface area contributed by atoms with E-state index in [4.69, 9.17) is 11.6 Å². The Morgan fingerprint density at radius 1 is 1.06 bits per heavy atom. The van der Waals surface area contributed by atoms with E-state index in [1.807, 2.05) is 0 Å². The second-order valence-electron chi connectivity index (χ2n) is 3.83. The number of benzene rings is 2. The monoisotopic (exact) mass is 266 g/mol.